The van der Waals surface area contributed by atoms with Crippen LogP contribution in [0.15, 0.2) is 24.3 Å². The summed E-state index contributed by atoms with van der Waals surface area (Å²) in [6, 6.07) is 7.99. The van der Waals surface area contributed by atoms with E-state index in [1.807, 2.05) is 52.0 Å². The van der Waals surface area contributed by atoms with Crippen LogP contribution < -0.4 is 10.5 Å². The van der Waals surface area contributed by atoms with Crippen LogP contribution in [0, 0.1) is 0 Å². The van der Waals surface area contributed by atoms with Crippen molar-refractivity contribution in [3.05, 3.63) is 29.8 Å². The van der Waals surface area contributed by atoms with E-state index in [1.54, 1.807) is 0 Å². The van der Waals surface area contributed by atoms with E-state index in [-0.39, 0.29) is 11.6 Å². The summed E-state index contributed by atoms with van der Waals surface area (Å²) in [5, 5.41) is 0. The molecule has 0 aliphatic heterocycles. The first-order chi connectivity index (χ1) is 6.38. The lowest BCUT2D eigenvalue weighted by Gasteiger charge is -2.21. The van der Waals surface area contributed by atoms with Gasteiger partial charge in [-0.1, -0.05) is 12.1 Å². The smallest absolute Gasteiger partial charge is 0.120 e. The summed E-state index contributed by atoms with van der Waals surface area (Å²) in [5.74, 6) is 0.882. The second-order valence-electron chi connectivity index (χ2n) is 4.58. The Hall–Kier alpha value is -1.02. The summed E-state index contributed by atoms with van der Waals surface area (Å²) in [6.07, 6.45) is 0. The summed E-state index contributed by atoms with van der Waals surface area (Å²) in [6.45, 7) is 8.07. The van der Waals surface area contributed by atoms with Crippen molar-refractivity contribution < 1.29 is 4.74 Å². The van der Waals surface area contributed by atoms with E-state index in [2.05, 4.69) is 0 Å². The number of nitrogens with two attached hydrogens (primary N) is 1. The van der Waals surface area contributed by atoms with E-state index in [1.165, 1.54) is 0 Å². The quantitative estimate of drug-likeness (QED) is 0.783. The van der Waals surface area contributed by atoms with Gasteiger partial charge in [0, 0.05) is 6.04 Å². The Morgan fingerprint density at radius 1 is 1.29 bits per heavy atom. The van der Waals surface area contributed by atoms with Gasteiger partial charge in [0.25, 0.3) is 0 Å². The third kappa shape index (κ3) is 3.38. The maximum atomic E-state index is 5.79. The molecule has 1 aromatic carbocycles. The molecule has 2 N–H and O–H groups in total. The Morgan fingerprint density at radius 3 is 2.43 bits per heavy atom. The minimum atomic E-state index is -0.156. The third-order valence-corrected chi connectivity index (χ3v) is 1.81. The van der Waals surface area contributed by atoms with Crippen LogP contribution in [0.5, 0.6) is 5.75 Å². The molecule has 0 spiro atoms. The molecule has 0 bridgehead atoms. The van der Waals surface area contributed by atoms with E-state index >= 15 is 0 Å². The predicted octanol–water partition coefficient (Wildman–Crippen LogP) is 2.88. The first-order valence-corrected chi connectivity index (χ1v) is 4.93. The Labute approximate surface area is 86.1 Å². The molecule has 1 aromatic rings. The molecule has 1 rings (SSSR count). The van der Waals surface area contributed by atoms with E-state index < -0.39 is 0 Å². The molecule has 1 unspecified atom stereocenters. The van der Waals surface area contributed by atoms with Crippen LogP contribution >= 0.6 is 0 Å². The van der Waals surface area contributed by atoms with Crippen molar-refractivity contribution in [2.75, 3.05) is 0 Å². The molecular weight excluding hydrogens is 174 g/mol. The summed E-state index contributed by atoms with van der Waals surface area (Å²) >= 11 is 0. The summed E-state index contributed by atoms with van der Waals surface area (Å²) < 4.78 is 5.74. The highest BCUT2D eigenvalue weighted by Crippen LogP contribution is 2.21. The van der Waals surface area contributed by atoms with Gasteiger partial charge < -0.3 is 10.5 Å². The highest BCUT2D eigenvalue weighted by Gasteiger charge is 2.12. The van der Waals surface area contributed by atoms with Gasteiger partial charge in [-0.15, -0.1) is 0 Å². The topological polar surface area (TPSA) is 35.2 Å². The van der Waals surface area contributed by atoms with Crippen LogP contribution in [0.1, 0.15) is 39.3 Å². The van der Waals surface area contributed by atoms with Crippen LogP contribution in [0.2, 0.25) is 0 Å². The first kappa shape index (κ1) is 11.1. The SMILES string of the molecule is CC(N)c1cccc(OC(C)(C)C)c1. The molecule has 0 heterocycles. The van der Waals surface area contributed by atoms with E-state index in [4.69, 9.17) is 10.5 Å². The molecule has 0 radical (unpaired) electrons. The molecule has 0 aliphatic rings. The van der Waals surface area contributed by atoms with Crippen LogP contribution in [0.25, 0.3) is 0 Å². The Balaban J connectivity index is 2.84. The zero-order valence-electron chi connectivity index (χ0n) is 9.37. The monoisotopic (exact) mass is 193 g/mol. The Morgan fingerprint density at radius 2 is 1.93 bits per heavy atom. The van der Waals surface area contributed by atoms with Crippen LogP contribution in [-0.4, -0.2) is 5.60 Å². The minimum Gasteiger partial charge on any atom is -0.488 e. The van der Waals surface area contributed by atoms with Gasteiger partial charge in [-0.3, -0.25) is 0 Å². The highest BCUT2D eigenvalue weighted by atomic mass is 16.5. The Kier molecular flexibility index (Phi) is 3.17. The first-order valence-electron chi connectivity index (χ1n) is 4.93. The van der Waals surface area contributed by atoms with Crippen molar-refractivity contribution in [1.29, 1.82) is 0 Å². The maximum absolute atomic E-state index is 5.79. The molecule has 0 aliphatic carbocycles. The van der Waals surface area contributed by atoms with Crippen molar-refractivity contribution in [3.63, 3.8) is 0 Å². The Bertz CT molecular complexity index is 299. The van der Waals surface area contributed by atoms with Crippen molar-refractivity contribution >= 4 is 0 Å². The lowest BCUT2D eigenvalue weighted by molar-refractivity contribution is 0.131. The molecule has 14 heavy (non-hydrogen) atoms. The molecule has 0 saturated heterocycles. The number of rotatable bonds is 2. The van der Waals surface area contributed by atoms with Crippen molar-refractivity contribution in [2.45, 2.75) is 39.3 Å². The van der Waals surface area contributed by atoms with Crippen LogP contribution in [-0.2, 0) is 0 Å². The molecule has 0 amide bonds. The van der Waals surface area contributed by atoms with Gasteiger partial charge in [0.1, 0.15) is 11.4 Å². The van der Waals surface area contributed by atoms with Gasteiger partial charge in [-0.05, 0) is 45.4 Å². The minimum absolute atomic E-state index is 0.0542. The molecule has 2 nitrogen and oxygen atoms in total. The summed E-state index contributed by atoms with van der Waals surface area (Å²) in [5.41, 5.74) is 6.74. The molecule has 78 valence electrons. The van der Waals surface area contributed by atoms with Gasteiger partial charge in [0.05, 0.1) is 0 Å². The standard InChI is InChI=1S/C12H19NO/c1-9(13)10-6-5-7-11(8-10)14-12(2,3)4/h5-9H,13H2,1-4H3. The second kappa shape index (κ2) is 4.01. The summed E-state index contributed by atoms with van der Waals surface area (Å²) in [7, 11) is 0. The van der Waals surface area contributed by atoms with Gasteiger partial charge in [-0.2, -0.15) is 0 Å². The average Bonchev–Trinajstić information content (AvgIpc) is 2.01. The normalized spacial score (nSPS) is 13.8. The number of hydrogen-bond acceptors (Lipinski definition) is 2. The molecule has 0 saturated carbocycles. The number of benzene rings is 1. The van der Waals surface area contributed by atoms with Crippen molar-refractivity contribution in [2.24, 2.45) is 5.73 Å². The molecule has 0 fully saturated rings. The van der Waals surface area contributed by atoms with Gasteiger partial charge >= 0.3 is 0 Å². The zero-order chi connectivity index (χ0) is 10.8. The van der Waals surface area contributed by atoms with E-state index in [0.717, 1.165) is 11.3 Å². The van der Waals surface area contributed by atoms with Crippen molar-refractivity contribution in [1.82, 2.24) is 0 Å². The van der Waals surface area contributed by atoms with E-state index in [9.17, 15) is 0 Å². The lowest BCUT2D eigenvalue weighted by Crippen LogP contribution is -2.23. The average molecular weight is 193 g/mol. The number of hydrogen-bond donors (Lipinski definition) is 1. The molecule has 1 atom stereocenters. The maximum Gasteiger partial charge on any atom is 0.120 e. The summed E-state index contributed by atoms with van der Waals surface area (Å²) in [4.78, 5) is 0. The van der Waals surface area contributed by atoms with Gasteiger partial charge in [-0.25, -0.2) is 0 Å². The third-order valence-electron chi connectivity index (χ3n) is 1.81. The zero-order valence-corrected chi connectivity index (χ0v) is 9.37. The van der Waals surface area contributed by atoms with Crippen LogP contribution in [0.4, 0.5) is 0 Å². The molecule has 2 heteroatoms. The van der Waals surface area contributed by atoms with Crippen LogP contribution in [0.3, 0.4) is 0 Å². The fourth-order valence-electron chi connectivity index (χ4n) is 1.21. The largest absolute Gasteiger partial charge is 0.488 e. The fourth-order valence-corrected chi connectivity index (χ4v) is 1.21. The predicted molar refractivity (Wildman–Crippen MR) is 59.4 cm³/mol. The fraction of sp³-hybridized carbons (Fsp3) is 0.500. The molecular formula is C12H19NO. The highest BCUT2D eigenvalue weighted by molar-refractivity contribution is 5.30. The van der Waals surface area contributed by atoms with E-state index in [0.29, 0.717) is 0 Å². The van der Waals surface area contributed by atoms with Gasteiger partial charge in [0.15, 0.2) is 0 Å². The second-order valence-corrected chi connectivity index (χ2v) is 4.58. The molecule has 0 aromatic heterocycles. The lowest BCUT2D eigenvalue weighted by atomic mass is 10.1. The van der Waals surface area contributed by atoms with Crippen molar-refractivity contribution in [3.8, 4) is 5.75 Å². The van der Waals surface area contributed by atoms with Gasteiger partial charge in [0.2, 0.25) is 0 Å². The number of ether oxygens (including phenoxy) is 1.